The number of nitrogens with zero attached hydrogens (tertiary/aromatic N) is 2. The third-order valence-electron chi connectivity index (χ3n) is 3.25. The maximum absolute atomic E-state index is 12.1. The summed E-state index contributed by atoms with van der Waals surface area (Å²) in [5.41, 5.74) is 0.745. The first-order chi connectivity index (χ1) is 9.08. The molecule has 1 aliphatic heterocycles. The summed E-state index contributed by atoms with van der Waals surface area (Å²) in [7, 11) is 0. The van der Waals surface area contributed by atoms with Crippen LogP contribution in [-0.4, -0.2) is 36.3 Å². The number of rotatable bonds is 3. The van der Waals surface area contributed by atoms with Gasteiger partial charge in [0.1, 0.15) is 6.54 Å². The Bertz CT molecular complexity index is 484. The van der Waals surface area contributed by atoms with Crippen molar-refractivity contribution in [2.45, 2.75) is 19.8 Å². The van der Waals surface area contributed by atoms with E-state index in [-0.39, 0.29) is 18.4 Å². The van der Waals surface area contributed by atoms with Crippen molar-refractivity contribution >= 4 is 33.4 Å². The molecule has 102 valence electrons. The summed E-state index contributed by atoms with van der Waals surface area (Å²) in [5.74, 6) is -0.0988. The molecule has 1 aromatic rings. The average molecular weight is 325 g/mol. The van der Waals surface area contributed by atoms with Crippen molar-refractivity contribution < 1.29 is 9.59 Å². The van der Waals surface area contributed by atoms with E-state index in [9.17, 15) is 9.59 Å². The molecular formula is C14H17BrN2O2. The lowest BCUT2D eigenvalue weighted by molar-refractivity contribution is -0.130. The molecule has 1 heterocycles. The van der Waals surface area contributed by atoms with Crippen LogP contribution >= 0.6 is 15.9 Å². The molecule has 1 aromatic carbocycles. The van der Waals surface area contributed by atoms with Gasteiger partial charge in [-0.15, -0.1) is 0 Å². The minimum absolute atomic E-state index is 0.0210. The molecule has 19 heavy (non-hydrogen) atoms. The van der Waals surface area contributed by atoms with Gasteiger partial charge in [-0.1, -0.05) is 22.0 Å². The summed E-state index contributed by atoms with van der Waals surface area (Å²) in [5, 5.41) is 0. The van der Waals surface area contributed by atoms with Crippen LogP contribution < -0.4 is 4.90 Å². The van der Waals surface area contributed by atoms with Gasteiger partial charge in [-0.2, -0.15) is 0 Å². The maximum atomic E-state index is 12.1. The number of hydrogen-bond acceptors (Lipinski definition) is 2. The predicted octanol–water partition coefficient (Wildman–Crippen LogP) is 2.42. The Morgan fingerprint density at radius 3 is 2.58 bits per heavy atom. The summed E-state index contributed by atoms with van der Waals surface area (Å²) >= 11 is 3.38. The van der Waals surface area contributed by atoms with Crippen molar-refractivity contribution in [3.8, 4) is 0 Å². The number of benzene rings is 1. The molecule has 0 radical (unpaired) electrons. The van der Waals surface area contributed by atoms with E-state index in [4.69, 9.17) is 0 Å². The molecule has 1 saturated heterocycles. The van der Waals surface area contributed by atoms with Crippen molar-refractivity contribution in [1.82, 2.24) is 4.90 Å². The van der Waals surface area contributed by atoms with Crippen LogP contribution in [0.5, 0.6) is 0 Å². The smallest absolute Gasteiger partial charge is 0.242 e. The fourth-order valence-electron chi connectivity index (χ4n) is 2.23. The van der Waals surface area contributed by atoms with Crippen LogP contribution in [0, 0.1) is 0 Å². The van der Waals surface area contributed by atoms with E-state index in [1.165, 1.54) is 11.8 Å². The van der Waals surface area contributed by atoms with Crippen LogP contribution in [0.4, 0.5) is 5.69 Å². The lowest BCUT2D eigenvalue weighted by Crippen LogP contribution is -2.41. The van der Waals surface area contributed by atoms with Gasteiger partial charge < -0.3 is 9.80 Å². The van der Waals surface area contributed by atoms with Gasteiger partial charge in [0.25, 0.3) is 0 Å². The second kappa shape index (κ2) is 6.19. The summed E-state index contributed by atoms with van der Waals surface area (Å²) in [6, 6.07) is 7.43. The van der Waals surface area contributed by atoms with E-state index >= 15 is 0 Å². The number of carbonyl (C=O) groups is 2. The normalized spacial score (nSPS) is 14.5. The zero-order valence-corrected chi connectivity index (χ0v) is 12.5. The minimum atomic E-state index is -0.120. The van der Waals surface area contributed by atoms with Crippen LogP contribution in [0.25, 0.3) is 0 Å². The number of carbonyl (C=O) groups excluding carboxylic acids is 2. The molecule has 0 spiro atoms. The van der Waals surface area contributed by atoms with E-state index in [1.807, 2.05) is 29.2 Å². The van der Waals surface area contributed by atoms with Crippen LogP contribution in [0.2, 0.25) is 0 Å². The van der Waals surface area contributed by atoms with Crippen molar-refractivity contribution in [1.29, 1.82) is 0 Å². The molecule has 0 atom stereocenters. The van der Waals surface area contributed by atoms with Gasteiger partial charge in [0.2, 0.25) is 11.8 Å². The first kappa shape index (κ1) is 14.1. The molecule has 0 unspecified atom stereocenters. The summed E-state index contributed by atoms with van der Waals surface area (Å²) in [4.78, 5) is 27.2. The Kier molecular flexibility index (Phi) is 4.58. The third-order valence-corrected chi connectivity index (χ3v) is 3.75. The largest absolute Gasteiger partial charge is 0.341 e. The zero-order chi connectivity index (χ0) is 13.8. The fraction of sp³-hybridized carbons (Fsp3) is 0.429. The first-order valence-corrected chi connectivity index (χ1v) is 7.18. The van der Waals surface area contributed by atoms with Crippen molar-refractivity contribution in [2.75, 3.05) is 24.5 Å². The van der Waals surface area contributed by atoms with E-state index in [2.05, 4.69) is 15.9 Å². The topological polar surface area (TPSA) is 40.6 Å². The Morgan fingerprint density at radius 1 is 1.32 bits per heavy atom. The second-order valence-corrected chi connectivity index (χ2v) is 5.59. The molecule has 4 nitrogen and oxygen atoms in total. The highest BCUT2D eigenvalue weighted by Gasteiger charge is 2.22. The van der Waals surface area contributed by atoms with Gasteiger partial charge in [0.05, 0.1) is 0 Å². The quantitative estimate of drug-likeness (QED) is 0.856. The molecule has 1 aliphatic rings. The predicted molar refractivity (Wildman–Crippen MR) is 78.0 cm³/mol. The standard InChI is InChI=1S/C14H17BrN2O2/c1-11(18)17(13-6-4-5-12(15)9-13)10-14(19)16-7-2-3-8-16/h4-6,9H,2-3,7-8,10H2,1H3. The van der Waals surface area contributed by atoms with Gasteiger partial charge in [-0.05, 0) is 31.0 Å². The molecule has 0 aliphatic carbocycles. The summed E-state index contributed by atoms with van der Waals surface area (Å²) < 4.78 is 0.893. The molecule has 0 N–H and O–H groups in total. The number of hydrogen-bond donors (Lipinski definition) is 0. The third kappa shape index (κ3) is 3.56. The highest BCUT2D eigenvalue weighted by Crippen LogP contribution is 2.20. The Labute approximate surface area is 121 Å². The van der Waals surface area contributed by atoms with E-state index < -0.39 is 0 Å². The second-order valence-electron chi connectivity index (χ2n) is 4.67. The van der Waals surface area contributed by atoms with Crippen LogP contribution in [-0.2, 0) is 9.59 Å². The van der Waals surface area contributed by atoms with Gasteiger partial charge >= 0.3 is 0 Å². The van der Waals surface area contributed by atoms with Crippen molar-refractivity contribution in [2.24, 2.45) is 0 Å². The lowest BCUT2D eigenvalue weighted by Gasteiger charge is -2.24. The molecular weight excluding hydrogens is 308 g/mol. The van der Waals surface area contributed by atoms with Crippen molar-refractivity contribution in [3.63, 3.8) is 0 Å². The molecule has 2 rings (SSSR count). The summed E-state index contributed by atoms with van der Waals surface area (Å²) in [6.07, 6.45) is 2.12. The van der Waals surface area contributed by atoms with Crippen molar-refractivity contribution in [3.05, 3.63) is 28.7 Å². The van der Waals surface area contributed by atoms with E-state index in [0.29, 0.717) is 0 Å². The molecule has 5 heteroatoms. The number of anilines is 1. The Hall–Kier alpha value is -1.36. The van der Waals surface area contributed by atoms with Crippen LogP contribution in [0.3, 0.4) is 0 Å². The fourth-order valence-corrected chi connectivity index (χ4v) is 2.62. The van der Waals surface area contributed by atoms with E-state index in [1.54, 1.807) is 0 Å². The zero-order valence-electron chi connectivity index (χ0n) is 10.9. The molecule has 0 bridgehead atoms. The molecule has 1 fully saturated rings. The molecule has 0 aromatic heterocycles. The summed E-state index contributed by atoms with van der Waals surface area (Å²) in [6.45, 7) is 3.22. The minimum Gasteiger partial charge on any atom is -0.341 e. The number of halogens is 1. The highest BCUT2D eigenvalue weighted by atomic mass is 79.9. The lowest BCUT2D eigenvalue weighted by atomic mass is 10.2. The van der Waals surface area contributed by atoms with Gasteiger partial charge in [-0.3, -0.25) is 9.59 Å². The van der Waals surface area contributed by atoms with Gasteiger partial charge in [-0.25, -0.2) is 0 Å². The van der Waals surface area contributed by atoms with E-state index in [0.717, 1.165) is 36.1 Å². The number of likely N-dealkylation sites (tertiary alicyclic amines) is 1. The Morgan fingerprint density at radius 2 is 2.00 bits per heavy atom. The maximum Gasteiger partial charge on any atom is 0.242 e. The number of amides is 2. The van der Waals surface area contributed by atoms with Crippen LogP contribution in [0.1, 0.15) is 19.8 Å². The molecule has 2 amide bonds. The first-order valence-electron chi connectivity index (χ1n) is 6.39. The highest BCUT2D eigenvalue weighted by molar-refractivity contribution is 9.10. The van der Waals surface area contributed by atoms with Gasteiger partial charge in [0.15, 0.2) is 0 Å². The van der Waals surface area contributed by atoms with Gasteiger partial charge in [0, 0.05) is 30.2 Å². The monoisotopic (exact) mass is 324 g/mol. The molecule has 0 saturated carbocycles. The van der Waals surface area contributed by atoms with Crippen LogP contribution in [0.15, 0.2) is 28.7 Å². The SMILES string of the molecule is CC(=O)N(CC(=O)N1CCCC1)c1cccc(Br)c1. The average Bonchev–Trinajstić information content (AvgIpc) is 2.89. The Balaban J connectivity index is 2.12.